The molecular weight excluding hydrogens is 304 g/mol. The summed E-state index contributed by atoms with van der Waals surface area (Å²) in [5.74, 6) is 0.294. The number of aromatic hydroxyl groups is 1. The molecule has 1 aromatic heterocycles. The summed E-state index contributed by atoms with van der Waals surface area (Å²) in [5, 5.41) is 9.84. The predicted octanol–water partition coefficient (Wildman–Crippen LogP) is 2.45. The Hall–Kier alpha value is -2.38. The van der Waals surface area contributed by atoms with Gasteiger partial charge in [-0.15, -0.1) is 0 Å². The second-order valence-electron chi connectivity index (χ2n) is 4.95. The van der Waals surface area contributed by atoms with Crippen LogP contribution in [-0.4, -0.2) is 36.9 Å². The number of nitrogens with zero attached hydrogens (tertiary/aromatic N) is 2. The molecule has 0 spiro atoms. The van der Waals surface area contributed by atoms with Crippen molar-refractivity contribution in [2.45, 2.75) is 4.90 Å². The van der Waals surface area contributed by atoms with E-state index in [9.17, 15) is 13.5 Å². The monoisotopic (exact) mass is 318 g/mol. The number of oxazole rings is 1. The summed E-state index contributed by atoms with van der Waals surface area (Å²) < 4.78 is 31.0. The van der Waals surface area contributed by atoms with Gasteiger partial charge in [-0.25, -0.2) is 17.7 Å². The highest BCUT2D eigenvalue weighted by Crippen LogP contribution is 2.31. The molecule has 0 saturated heterocycles. The first-order valence-corrected chi connectivity index (χ1v) is 7.95. The first-order valence-electron chi connectivity index (χ1n) is 6.51. The van der Waals surface area contributed by atoms with Crippen LogP contribution in [0.1, 0.15) is 0 Å². The molecule has 1 heterocycles. The molecule has 3 rings (SSSR count). The summed E-state index contributed by atoms with van der Waals surface area (Å²) in [5.41, 5.74) is 1.33. The molecule has 0 amide bonds. The molecule has 2 aromatic carbocycles. The van der Waals surface area contributed by atoms with Gasteiger partial charge < -0.3 is 9.52 Å². The quantitative estimate of drug-likeness (QED) is 0.802. The van der Waals surface area contributed by atoms with Gasteiger partial charge in [0.25, 0.3) is 0 Å². The first kappa shape index (κ1) is 14.6. The highest BCUT2D eigenvalue weighted by Gasteiger charge is 2.19. The van der Waals surface area contributed by atoms with Crippen LogP contribution in [0.15, 0.2) is 51.8 Å². The topological polar surface area (TPSA) is 83.6 Å². The van der Waals surface area contributed by atoms with Crippen molar-refractivity contribution in [3.8, 4) is 17.2 Å². The molecule has 0 atom stereocenters. The number of phenols is 1. The van der Waals surface area contributed by atoms with Crippen LogP contribution in [0, 0.1) is 0 Å². The van der Waals surface area contributed by atoms with E-state index < -0.39 is 10.0 Å². The third-order valence-corrected chi connectivity index (χ3v) is 5.08. The standard InChI is InChI=1S/C15H14N2O4S/c1-17(2)22(19,20)10-7-8-14-12(9-10)16-15(21-14)11-5-3-4-6-13(11)18/h3-9,18H,1-2H3. The first-order chi connectivity index (χ1) is 10.4. The van der Waals surface area contributed by atoms with Crippen LogP contribution in [0.4, 0.5) is 0 Å². The smallest absolute Gasteiger partial charge is 0.242 e. The lowest BCUT2D eigenvalue weighted by Gasteiger charge is -2.10. The van der Waals surface area contributed by atoms with E-state index >= 15 is 0 Å². The maximum atomic E-state index is 12.1. The molecule has 0 aliphatic carbocycles. The average molecular weight is 318 g/mol. The number of hydrogen-bond donors (Lipinski definition) is 1. The summed E-state index contributed by atoms with van der Waals surface area (Å²) in [6, 6.07) is 11.1. The Balaban J connectivity index is 2.14. The number of benzene rings is 2. The molecule has 0 aliphatic heterocycles. The van der Waals surface area contributed by atoms with Gasteiger partial charge in [0.05, 0.1) is 10.5 Å². The second kappa shape index (κ2) is 5.11. The van der Waals surface area contributed by atoms with Crippen molar-refractivity contribution in [3.05, 3.63) is 42.5 Å². The Morgan fingerprint density at radius 1 is 1.14 bits per heavy atom. The van der Waals surface area contributed by atoms with Crippen LogP contribution in [0.3, 0.4) is 0 Å². The number of phenolic OH excluding ortho intramolecular Hbond substituents is 1. The summed E-state index contributed by atoms with van der Waals surface area (Å²) in [4.78, 5) is 4.41. The molecule has 0 saturated carbocycles. The van der Waals surface area contributed by atoms with Gasteiger partial charge in [-0.1, -0.05) is 12.1 Å². The Labute approximate surface area is 127 Å². The molecule has 0 fully saturated rings. The lowest BCUT2D eigenvalue weighted by Crippen LogP contribution is -2.22. The zero-order chi connectivity index (χ0) is 15.9. The van der Waals surface area contributed by atoms with Gasteiger partial charge in [0.2, 0.25) is 15.9 Å². The van der Waals surface area contributed by atoms with Crippen molar-refractivity contribution < 1.29 is 17.9 Å². The van der Waals surface area contributed by atoms with Gasteiger partial charge >= 0.3 is 0 Å². The van der Waals surface area contributed by atoms with E-state index in [0.717, 1.165) is 4.31 Å². The van der Waals surface area contributed by atoms with E-state index in [2.05, 4.69) is 4.98 Å². The summed E-state index contributed by atoms with van der Waals surface area (Å²) in [6.45, 7) is 0. The minimum atomic E-state index is -3.53. The maximum Gasteiger partial charge on any atom is 0.242 e. The van der Waals surface area contributed by atoms with Crippen LogP contribution >= 0.6 is 0 Å². The number of para-hydroxylation sites is 1. The van der Waals surface area contributed by atoms with E-state index in [1.54, 1.807) is 24.3 Å². The number of fused-ring (bicyclic) bond motifs is 1. The van der Waals surface area contributed by atoms with Crippen molar-refractivity contribution in [3.63, 3.8) is 0 Å². The second-order valence-corrected chi connectivity index (χ2v) is 7.10. The molecular formula is C15H14N2O4S. The van der Waals surface area contributed by atoms with Crippen molar-refractivity contribution in [2.75, 3.05) is 14.1 Å². The zero-order valence-corrected chi connectivity index (χ0v) is 12.8. The van der Waals surface area contributed by atoms with Gasteiger partial charge in [-0.05, 0) is 30.3 Å². The molecule has 0 aliphatic rings. The van der Waals surface area contributed by atoms with E-state index in [1.807, 2.05) is 0 Å². The van der Waals surface area contributed by atoms with Crippen LogP contribution < -0.4 is 0 Å². The lowest BCUT2D eigenvalue weighted by atomic mass is 10.2. The normalized spacial score (nSPS) is 12.1. The van der Waals surface area contributed by atoms with Gasteiger partial charge in [0.1, 0.15) is 11.3 Å². The van der Waals surface area contributed by atoms with E-state index in [4.69, 9.17) is 4.42 Å². The van der Waals surface area contributed by atoms with Crippen molar-refractivity contribution >= 4 is 21.1 Å². The lowest BCUT2D eigenvalue weighted by molar-refractivity contribution is 0.474. The molecule has 0 radical (unpaired) electrons. The highest BCUT2D eigenvalue weighted by molar-refractivity contribution is 7.89. The Kier molecular flexibility index (Phi) is 3.38. The van der Waals surface area contributed by atoms with Gasteiger partial charge in [-0.2, -0.15) is 0 Å². The largest absolute Gasteiger partial charge is 0.507 e. The third kappa shape index (κ3) is 2.34. The zero-order valence-electron chi connectivity index (χ0n) is 12.0. The Morgan fingerprint density at radius 3 is 2.55 bits per heavy atom. The fourth-order valence-electron chi connectivity index (χ4n) is 2.05. The minimum Gasteiger partial charge on any atom is -0.507 e. The summed E-state index contributed by atoms with van der Waals surface area (Å²) in [6.07, 6.45) is 0. The molecule has 0 unspecified atom stereocenters. The Bertz CT molecular complexity index is 945. The summed E-state index contributed by atoms with van der Waals surface area (Å²) in [7, 11) is -0.594. The van der Waals surface area contributed by atoms with E-state index in [-0.39, 0.29) is 16.5 Å². The SMILES string of the molecule is CN(C)S(=O)(=O)c1ccc2oc(-c3ccccc3O)nc2c1. The summed E-state index contributed by atoms with van der Waals surface area (Å²) >= 11 is 0. The van der Waals surface area contributed by atoms with Crippen LogP contribution in [0.25, 0.3) is 22.6 Å². The fraction of sp³-hybridized carbons (Fsp3) is 0.133. The van der Waals surface area contributed by atoms with Gasteiger partial charge in [0.15, 0.2) is 5.58 Å². The van der Waals surface area contributed by atoms with Crippen molar-refractivity contribution in [2.24, 2.45) is 0 Å². The molecule has 22 heavy (non-hydrogen) atoms. The molecule has 114 valence electrons. The maximum absolute atomic E-state index is 12.1. The fourth-order valence-corrected chi connectivity index (χ4v) is 2.97. The number of hydrogen-bond acceptors (Lipinski definition) is 5. The molecule has 6 nitrogen and oxygen atoms in total. The number of aromatic nitrogens is 1. The van der Waals surface area contributed by atoms with Crippen LogP contribution in [-0.2, 0) is 10.0 Å². The highest BCUT2D eigenvalue weighted by atomic mass is 32.2. The Morgan fingerprint density at radius 2 is 1.86 bits per heavy atom. The number of sulfonamides is 1. The van der Waals surface area contributed by atoms with Crippen LogP contribution in [0.2, 0.25) is 0 Å². The van der Waals surface area contributed by atoms with Gasteiger partial charge in [0, 0.05) is 14.1 Å². The van der Waals surface area contributed by atoms with Gasteiger partial charge in [-0.3, -0.25) is 0 Å². The van der Waals surface area contributed by atoms with E-state index in [0.29, 0.717) is 16.7 Å². The van der Waals surface area contributed by atoms with E-state index in [1.165, 1.54) is 32.3 Å². The van der Waals surface area contributed by atoms with Crippen molar-refractivity contribution in [1.29, 1.82) is 0 Å². The molecule has 0 bridgehead atoms. The average Bonchev–Trinajstić information content (AvgIpc) is 2.90. The molecule has 1 N–H and O–H groups in total. The minimum absolute atomic E-state index is 0.0511. The third-order valence-electron chi connectivity index (χ3n) is 3.27. The van der Waals surface area contributed by atoms with Crippen LogP contribution in [0.5, 0.6) is 5.75 Å². The predicted molar refractivity (Wildman–Crippen MR) is 82.0 cm³/mol. The number of rotatable bonds is 3. The van der Waals surface area contributed by atoms with Crippen molar-refractivity contribution in [1.82, 2.24) is 9.29 Å². The molecule has 7 heteroatoms. The molecule has 3 aromatic rings.